The van der Waals surface area contributed by atoms with Crippen molar-refractivity contribution in [2.24, 2.45) is 0 Å². The van der Waals surface area contributed by atoms with Crippen molar-refractivity contribution >= 4 is 28.6 Å². The zero-order chi connectivity index (χ0) is 16.9. The topological polar surface area (TPSA) is 81.2 Å². The average molecular weight is 321 g/mol. The summed E-state index contributed by atoms with van der Waals surface area (Å²) in [6, 6.07) is 13.9. The maximum Gasteiger partial charge on any atom is 0.338 e. The molecule has 0 aliphatic heterocycles. The molecule has 6 nitrogen and oxygen atoms in total. The molecule has 0 unspecified atom stereocenters. The molecule has 2 aromatic carbocycles. The van der Waals surface area contributed by atoms with Crippen molar-refractivity contribution in [3.8, 4) is 0 Å². The van der Waals surface area contributed by atoms with Gasteiger partial charge in [0.15, 0.2) is 6.10 Å². The lowest BCUT2D eigenvalue weighted by Crippen LogP contribution is -2.30. The number of hydrogen-bond acceptors (Lipinski definition) is 5. The highest BCUT2D eigenvalue weighted by Gasteiger charge is 2.19. The summed E-state index contributed by atoms with van der Waals surface area (Å²) in [6.07, 6.45) is 2.21. The van der Waals surface area contributed by atoms with Crippen LogP contribution in [0.3, 0.4) is 0 Å². The van der Waals surface area contributed by atoms with Crippen LogP contribution >= 0.6 is 0 Å². The van der Waals surface area contributed by atoms with Gasteiger partial charge in [0.25, 0.3) is 5.91 Å². The first kappa shape index (κ1) is 15.6. The largest absolute Gasteiger partial charge is 0.449 e. The highest BCUT2D eigenvalue weighted by molar-refractivity contribution is 5.98. The number of nitrogens with zero attached hydrogens (tertiary/aromatic N) is 2. The van der Waals surface area contributed by atoms with E-state index in [1.54, 1.807) is 42.7 Å². The predicted molar refractivity (Wildman–Crippen MR) is 89.5 cm³/mol. The van der Waals surface area contributed by atoms with Crippen molar-refractivity contribution in [1.82, 2.24) is 9.97 Å². The van der Waals surface area contributed by atoms with Crippen molar-refractivity contribution < 1.29 is 14.3 Å². The van der Waals surface area contributed by atoms with Crippen LogP contribution in [0.15, 0.2) is 60.9 Å². The van der Waals surface area contributed by atoms with Crippen molar-refractivity contribution in [2.45, 2.75) is 13.0 Å². The highest BCUT2D eigenvalue weighted by atomic mass is 16.5. The second-order valence-corrected chi connectivity index (χ2v) is 5.16. The SMILES string of the molecule is C[C@H](OC(=O)c1ccc2nccnc2c1)C(=O)Nc1ccccc1. The van der Waals surface area contributed by atoms with Crippen LogP contribution in [0.1, 0.15) is 17.3 Å². The van der Waals surface area contributed by atoms with E-state index >= 15 is 0 Å². The van der Waals surface area contributed by atoms with E-state index in [0.717, 1.165) is 0 Å². The first-order valence-electron chi connectivity index (χ1n) is 7.41. The van der Waals surface area contributed by atoms with E-state index in [0.29, 0.717) is 22.3 Å². The van der Waals surface area contributed by atoms with Crippen LogP contribution < -0.4 is 5.32 Å². The maximum atomic E-state index is 12.2. The van der Waals surface area contributed by atoms with Gasteiger partial charge in [0.2, 0.25) is 0 Å². The normalized spacial score (nSPS) is 11.7. The lowest BCUT2D eigenvalue weighted by atomic mass is 10.2. The molecule has 1 amide bonds. The molecule has 3 aromatic rings. The Morgan fingerprint density at radius 1 is 1.00 bits per heavy atom. The molecule has 0 fully saturated rings. The molecule has 0 radical (unpaired) electrons. The Hall–Kier alpha value is -3.28. The molecule has 0 saturated heterocycles. The van der Waals surface area contributed by atoms with Gasteiger partial charge < -0.3 is 10.1 Å². The molecule has 0 saturated carbocycles. The second-order valence-electron chi connectivity index (χ2n) is 5.16. The summed E-state index contributed by atoms with van der Waals surface area (Å²) in [5.41, 5.74) is 2.24. The number of amides is 1. The van der Waals surface area contributed by atoms with Gasteiger partial charge in [-0.1, -0.05) is 18.2 Å². The smallest absolute Gasteiger partial charge is 0.338 e. The van der Waals surface area contributed by atoms with Gasteiger partial charge in [-0.05, 0) is 37.3 Å². The molecule has 1 atom stereocenters. The van der Waals surface area contributed by atoms with E-state index in [1.807, 2.05) is 18.2 Å². The van der Waals surface area contributed by atoms with Crippen molar-refractivity contribution in [2.75, 3.05) is 5.32 Å². The Balaban J connectivity index is 1.67. The molecule has 3 rings (SSSR count). The number of esters is 1. The maximum absolute atomic E-state index is 12.2. The van der Waals surface area contributed by atoms with Crippen LogP contribution in [0, 0.1) is 0 Å². The number of benzene rings is 2. The zero-order valence-corrected chi connectivity index (χ0v) is 13.0. The van der Waals surface area contributed by atoms with Gasteiger partial charge in [0, 0.05) is 18.1 Å². The summed E-state index contributed by atoms with van der Waals surface area (Å²) in [4.78, 5) is 32.6. The fourth-order valence-electron chi connectivity index (χ4n) is 2.14. The van der Waals surface area contributed by atoms with Crippen molar-refractivity contribution in [3.63, 3.8) is 0 Å². The number of anilines is 1. The van der Waals surface area contributed by atoms with Crippen LogP contribution in [0.4, 0.5) is 5.69 Å². The van der Waals surface area contributed by atoms with Crippen molar-refractivity contribution in [3.05, 3.63) is 66.5 Å². The van der Waals surface area contributed by atoms with Gasteiger partial charge in [0.05, 0.1) is 16.6 Å². The number of rotatable bonds is 4. The Kier molecular flexibility index (Phi) is 4.47. The first-order valence-corrected chi connectivity index (χ1v) is 7.41. The summed E-state index contributed by atoms with van der Waals surface area (Å²) >= 11 is 0. The summed E-state index contributed by atoms with van der Waals surface area (Å²) in [7, 11) is 0. The minimum absolute atomic E-state index is 0.322. The van der Waals surface area contributed by atoms with Gasteiger partial charge in [-0.2, -0.15) is 0 Å². The third kappa shape index (κ3) is 3.55. The van der Waals surface area contributed by atoms with E-state index in [4.69, 9.17) is 4.74 Å². The molecular formula is C18H15N3O3. The summed E-state index contributed by atoms with van der Waals surface area (Å²) in [5, 5.41) is 2.69. The average Bonchev–Trinajstić information content (AvgIpc) is 2.62. The Morgan fingerprint density at radius 3 is 2.46 bits per heavy atom. The molecule has 1 aromatic heterocycles. The number of nitrogens with one attached hydrogen (secondary N) is 1. The number of fused-ring (bicyclic) bond motifs is 1. The molecular weight excluding hydrogens is 306 g/mol. The summed E-state index contributed by atoms with van der Waals surface area (Å²) < 4.78 is 5.22. The number of aromatic nitrogens is 2. The van der Waals surface area contributed by atoms with Gasteiger partial charge >= 0.3 is 5.97 Å². The minimum Gasteiger partial charge on any atom is -0.449 e. The fraction of sp³-hybridized carbons (Fsp3) is 0.111. The number of ether oxygens (including phenoxy) is 1. The Labute approximate surface area is 138 Å². The molecule has 0 aliphatic carbocycles. The minimum atomic E-state index is -0.921. The summed E-state index contributed by atoms with van der Waals surface area (Å²) in [5.74, 6) is -0.978. The van der Waals surface area contributed by atoms with Gasteiger partial charge in [-0.25, -0.2) is 4.79 Å². The molecule has 120 valence electrons. The Morgan fingerprint density at radius 2 is 1.71 bits per heavy atom. The van der Waals surface area contributed by atoms with Gasteiger partial charge in [-0.15, -0.1) is 0 Å². The monoisotopic (exact) mass is 321 g/mol. The van der Waals surface area contributed by atoms with Crippen LogP contribution in [0.25, 0.3) is 11.0 Å². The van der Waals surface area contributed by atoms with Crippen molar-refractivity contribution in [1.29, 1.82) is 0 Å². The zero-order valence-electron chi connectivity index (χ0n) is 13.0. The van der Waals surface area contributed by atoms with Crippen LogP contribution in [0.5, 0.6) is 0 Å². The first-order chi connectivity index (χ1) is 11.6. The van der Waals surface area contributed by atoms with Crippen LogP contribution in [0.2, 0.25) is 0 Å². The molecule has 0 spiro atoms. The number of carbonyl (C=O) groups excluding carboxylic acids is 2. The van der Waals surface area contributed by atoms with Crippen LogP contribution in [-0.4, -0.2) is 27.9 Å². The number of hydrogen-bond donors (Lipinski definition) is 1. The molecule has 24 heavy (non-hydrogen) atoms. The molecule has 0 aliphatic rings. The highest BCUT2D eigenvalue weighted by Crippen LogP contribution is 2.13. The second kappa shape index (κ2) is 6.87. The van der Waals surface area contributed by atoms with E-state index < -0.39 is 18.0 Å². The quantitative estimate of drug-likeness (QED) is 0.747. The molecule has 6 heteroatoms. The number of para-hydroxylation sites is 1. The van der Waals surface area contributed by atoms with Gasteiger partial charge in [0.1, 0.15) is 0 Å². The lowest BCUT2D eigenvalue weighted by Gasteiger charge is -2.13. The van der Waals surface area contributed by atoms with E-state index in [-0.39, 0.29) is 0 Å². The van der Waals surface area contributed by atoms with E-state index in [1.165, 1.54) is 6.92 Å². The van der Waals surface area contributed by atoms with Crippen LogP contribution in [-0.2, 0) is 9.53 Å². The van der Waals surface area contributed by atoms with E-state index in [9.17, 15) is 9.59 Å². The number of carbonyl (C=O) groups is 2. The third-order valence-electron chi connectivity index (χ3n) is 3.40. The Bertz CT molecular complexity index is 881. The lowest BCUT2D eigenvalue weighted by molar-refractivity contribution is -0.123. The van der Waals surface area contributed by atoms with Gasteiger partial charge in [-0.3, -0.25) is 14.8 Å². The molecule has 1 heterocycles. The van der Waals surface area contributed by atoms with E-state index in [2.05, 4.69) is 15.3 Å². The molecule has 0 bridgehead atoms. The third-order valence-corrected chi connectivity index (χ3v) is 3.40. The molecule has 1 N–H and O–H groups in total. The standard InChI is InChI=1S/C18H15N3O3/c1-12(17(22)21-14-5-3-2-4-6-14)24-18(23)13-7-8-15-16(11-13)20-10-9-19-15/h2-12H,1H3,(H,21,22)/t12-/m0/s1. The predicted octanol–water partition coefficient (Wildman–Crippen LogP) is 2.81. The summed E-state index contributed by atoms with van der Waals surface area (Å²) in [6.45, 7) is 1.52. The fourth-order valence-corrected chi connectivity index (χ4v) is 2.14.